The largest absolute Gasteiger partial charge is 0.421 e. The summed E-state index contributed by atoms with van der Waals surface area (Å²) < 4.78 is 22.8. The number of hydrogen-bond acceptors (Lipinski definition) is 7. The highest BCUT2D eigenvalue weighted by molar-refractivity contribution is 6.04. The number of aliphatic hydroxyl groups excluding tert-OH is 1. The predicted molar refractivity (Wildman–Crippen MR) is 133 cm³/mol. The van der Waals surface area contributed by atoms with Crippen molar-refractivity contribution in [3.63, 3.8) is 0 Å². The van der Waals surface area contributed by atoms with Crippen LogP contribution in [-0.4, -0.2) is 34.6 Å². The van der Waals surface area contributed by atoms with Gasteiger partial charge in [-0.15, -0.1) is 6.42 Å². The maximum absolute atomic E-state index is 15.3. The van der Waals surface area contributed by atoms with Crippen LogP contribution in [0, 0.1) is 32.0 Å². The molecule has 0 aliphatic rings. The quantitative estimate of drug-likeness (QED) is 0.370. The summed E-state index contributed by atoms with van der Waals surface area (Å²) in [7, 11) is 1.85. The molecule has 0 amide bonds. The van der Waals surface area contributed by atoms with E-state index in [1.165, 1.54) is 18.5 Å². The molecule has 178 valence electrons. The summed E-state index contributed by atoms with van der Waals surface area (Å²) in [6, 6.07) is 8.22. The van der Waals surface area contributed by atoms with Crippen LogP contribution in [0.4, 0.5) is 4.39 Å². The number of aryl methyl sites for hydroxylation is 3. The second kappa shape index (κ2) is 9.17. The van der Waals surface area contributed by atoms with E-state index in [0.717, 1.165) is 16.8 Å². The van der Waals surface area contributed by atoms with Gasteiger partial charge < -0.3 is 14.4 Å². The molecule has 0 aliphatic carbocycles. The smallest absolute Gasteiger partial charge is 0.322 e. The highest BCUT2D eigenvalue weighted by Crippen LogP contribution is 2.42. The number of pyridine rings is 1. The third-order valence-corrected chi connectivity index (χ3v) is 5.90. The molecule has 9 heteroatoms. The highest BCUT2D eigenvalue weighted by Gasteiger charge is 2.24. The average Bonchev–Trinajstić information content (AvgIpc) is 3.17. The Morgan fingerprint density at radius 3 is 2.64 bits per heavy atom. The van der Waals surface area contributed by atoms with E-state index in [9.17, 15) is 5.11 Å². The van der Waals surface area contributed by atoms with E-state index in [0.29, 0.717) is 39.2 Å². The van der Waals surface area contributed by atoms with E-state index in [2.05, 4.69) is 30.8 Å². The van der Waals surface area contributed by atoms with Gasteiger partial charge in [0.15, 0.2) is 11.6 Å². The summed E-state index contributed by atoms with van der Waals surface area (Å²) in [4.78, 5) is 21.3. The summed E-state index contributed by atoms with van der Waals surface area (Å²) in [5, 5.41) is 10.7. The molecule has 0 bridgehead atoms. The Kier molecular flexibility index (Phi) is 5.88. The van der Waals surface area contributed by atoms with E-state index < -0.39 is 5.82 Å². The number of aliphatic hydroxyl groups is 1. The van der Waals surface area contributed by atoms with Gasteiger partial charge in [-0.3, -0.25) is 0 Å². The van der Waals surface area contributed by atoms with Crippen molar-refractivity contribution in [2.75, 3.05) is 0 Å². The van der Waals surface area contributed by atoms with E-state index in [1.807, 2.05) is 24.6 Å². The Balaban J connectivity index is 1.73. The zero-order valence-corrected chi connectivity index (χ0v) is 19.8. The van der Waals surface area contributed by atoms with Gasteiger partial charge in [-0.25, -0.2) is 29.3 Å². The van der Waals surface area contributed by atoms with Gasteiger partial charge >= 0.3 is 6.01 Å². The Labute approximate surface area is 206 Å². The number of aromatic nitrogens is 6. The lowest BCUT2D eigenvalue weighted by Crippen LogP contribution is -1.98. The third kappa shape index (κ3) is 3.93. The van der Waals surface area contributed by atoms with Crippen LogP contribution in [0.25, 0.3) is 33.4 Å². The molecule has 0 radical (unpaired) electrons. The fourth-order valence-corrected chi connectivity index (χ4v) is 4.23. The van der Waals surface area contributed by atoms with E-state index in [1.54, 1.807) is 31.5 Å². The topological polar surface area (TPSA) is 98.8 Å². The summed E-state index contributed by atoms with van der Waals surface area (Å²) in [6.07, 6.45) is 10.2. The van der Waals surface area contributed by atoms with Crippen molar-refractivity contribution in [1.82, 2.24) is 29.5 Å². The van der Waals surface area contributed by atoms with E-state index in [-0.39, 0.29) is 18.4 Å². The predicted octanol–water partition coefficient (Wildman–Crippen LogP) is 4.51. The molecule has 8 nitrogen and oxygen atoms in total. The monoisotopic (exact) mass is 480 g/mol. The maximum atomic E-state index is 15.3. The van der Waals surface area contributed by atoms with Gasteiger partial charge in [-0.2, -0.15) is 0 Å². The number of halogens is 1. The van der Waals surface area contributed by atoms with Crippen molar-refractivity contribution in [2.45, 2.75) is 20.5 Å². The van der Waals surface area contributed by atoms with Crippen molar-refractivity contribution in [2.24, 2.45) is 7.05 Å². The average molecular weight is 481 g/mol. The van der Waals surface area contributed by atoms with Crippen molar-refractivity contribution in [3.8, 4) is 46.5 Å². The minimum atomic E-state index is -0.597. The van der Waals surface area contributed by atoms with Crippen molar-refractivity contribution >= 4 is 11.0 Å². The number of benzene rings is 1. The summed E-state index contributed by atoms with van der Waals surface area (Å²) >= 11 is 0. The highest BCUT2D eigenvalue weighted by atomic mass is 19.1. The van der Waals surface area contributed by atoms with Crippen molar-refractivity contribution in [3.05, 3.63) is 77.5 Å². The lowest BCUT2D eigenvalue weighted by molar-refractivity contribution is 0.278. The molecular formula is C27H21FN6O2. The lowest BCUT2D eigenvalue weighted by atomic mass is 9.96. The Morgan fingerprint density at radius 1 is 1.11 bits per heavy atom. The number of fused-ring (bicyclic) bond motifs is 1. The molecule has 0 fully saturated rings. The van der Waals surface area contributed by atoms with Gasteiger partial charge in [-0.1, -0.05) is 12.0 Å². The molecule has 0 atom stereocenters. The van der Waals surface area contributed by atoms with Crippen LogP contribution in [-0.2, 0) is 13.7 Å². The Morgan fingerprint density at radius 2 is 1.94 bits per heavy atom. The summed E-state index contributed by atoms with van der Waals surface area (Å²) in [6.45, 7) is 3.41. The first-order valence-corrected chi connectivity index (χ1v) is 11.1. The molecule has 1 N–H and O–H groups in total. The van der Waals surface area contributed by atoms with Gasteiger partial charge in [0.05, 0.1) is 23.4 Å². The Bertz CT molecular complexity index is 1670. The normalized spacial score (nSPS) is 11.0. The number of nitrogens with zero attached hydrogens (tertiary/aromatic N) is 6. The number of ether oxygens (including phenoxy) is 1. The number of rotatable bonds is 5. The zero-order chi connectivity index (χ0) is 25.4. The molecule has 36 heavy (non-hydrogen) atoms. The van der Waals surface area contributed by atoms with Crippen LogP contribution in [0.1, 0.15) is 22.6 Å². The van der Waals surface area contributed by atoms with Gasteiger partial charge in [-0.05, 0) is 49.2 Å². The second-order valence-electron chi connectivity index (χ2n) is 8.22. The summed E-state index contributed by atoms with van der Waals surface area (Å²) in [5.74, 6) is 1.93. The fourth-order valence-electron chi connectivity index (χ4n) is 4.23. The van der Waals surface area contributed by atoms with Crippen molar-refractivity contribution in [1.29, 1.82) is 0 Å². The molecule has 0 unspecified atom stereocenters. The lowest BCUT2D eigenvalue weighted by Gasteiger charge is -2.12. The minimum Gasteiger partial charge on any atom is -0.421 e. The molecule has 0 aliphatic heterocycles. The van der Waals surface area contributed by atoms with Crippen LogP contribution in [0.3, 0.4) is 0 Å². The molecule has 0 saturated heterocycles. The van der Waals surface area contributed by atoms with E-state index in [4.69, 9.17) is 11.2 Å². The van der Waals surface area contributed by atoms with Gasteiger partial charge in [0, 0.05) is 36.3 Å². The standard InChI is InChI=1S/C27H21FN6O2/c1-5-18-10-15(2)19(12-30-18)25-23(24-21(13-35)31-14-32-26(24)34(25)4)17-6-7-22(20(28)11-17)36-27-29-9-8-16(3)33-27/h1,6-12,14,35H,13H2,2-4H3. The molecule has 5 rings (SSSR count). The number of terminal acetylenes is 1. The van der Waals surface area contributed by atoms with Crippen LogP contribution < -0.4 is 4.74 Å². The fraction of sp³-hybridized carbons (Fsp3) is 0.148. The van der Waals surface area contributed by atoms with Gasteiger partial charge in [0.1, 0.15) is 17.7 Å². The minimum absolute atomic E-state index is 0.0130. The molecular weight excluding hydrogens is 459 g/mol. The van der Waals surface area contributed by atoms with E-state index >= 15 is 4.39 Å². The molecule has 0 saturated carbocycles. The van der Waals surface area contributed by atoms with Crippen LogP contribution in [0.15, 0.2) is 49.1 Å². The third-order valence-electron chi connectivity index (χ3n) is 5.90. The number of hydrogen-bond donors (Lipinski definition) is 1. The first-order valence-electron chi connectivity index (χ1n) is 11.1. The molecule has 4 heterocycles. The molecule has 4 aromatic heterocycles. The first-order chi connectivity index (χ1) is 17.4. The molecule has 0 spiro atoms. The van der Waals surface area contributed by atoms with Gasteiger partial charge in [0.25, 0.3) is 0 Å². The van der Waals surface area contributed by atoms with Gasteiger partial charge in [0.2, 0.25) is 0 Å². The first kappa shape index (κ1) is 23.1. The van der Waals surface area contributed by atoms with Crippen molar-refractivity contribution < 1.29 is 14.2 Å². The molecule has 5 aromatic rings. The summed E-state index contributed by atoms with van der Waals surface area (Å²) in [5.41, 5.74) is 5.87. The maximum Gasteiger partial charge on any atom is 0.322 e. The van der Waals surface area contributed by atoms with Crippen LogP contribution in [0.5, 0.6) is 11.8 Å². The van der Waals surface area contributed by atoms with Crippen LogP contribution >= 0.6 is 0 Å². The van der Waals surface area contributed by atoms with Crippen LogP contribution in [0.2, 0.25) is 0 Å². The SMILES string of the molecule is C#Cc1cc(C)c(-c2c(-c3ccc(Oc4nccc(C)n4)c(F)c3)c3c(CO)ncnc3n2C)cn1. The zero-order valence-electron chi connectivity index (χ0n) is 19.8. The Hall–Kier alpha value is -4.68. The second-order valence-corrected chi connectivity index (χ2v) is 8.22. The molecule has 1 aromatic carbocycles.